The number of rotatable bonds is 4. The molecule has 1 aromatic heterocycles. The molecule has 1 fully saturated rings. The molecule has 1 heterocycles. The highest BCUT2D eigenvalue weighted by molar-refractivity contribution is 5.58. The number of aryl methyl sites for hydroxylation is 1. The smallest absolute Gasteiger partial charge is 0.134 e. The van der Waals surface area contributed by atoms with Crippen molar-refractivity contribution in [3.8, 4) is 0 Å². The van der Waals surface area contributed by atoms with Crippen molar-refractivity contribution >= 4 is 11.6 Å². The summed E-state index contributed by atoms with van der Waals surface area (Å²) in [5, 5.41) is 6.75. The van der Waals surface area contributed by atoms with Gasteiger partial charge >= 0.3 is 0 Å². The molecule has 0 aromatic carbocycles. The lowest BCUT2D eigenvalue weighted by molar-refractivity contribution is 0.912. The molecule has 0 aliphatic heterocycles. The zero-order valence-corrected chi connectivity index (χ0v) is 10.5. The normalized spacial score (nSPS) is 23.0. The third-order valence-corrected chi connectivity index (χ3v) is 3.03. The van der Waals surface area contributed by atoms with Crippen molar-refractivity contribution < 1.29 is 0 Å². The Bertz CT molecular complexity index is 389. The van der Waals surface area contributed by atoms with Crippen LogP contribution in [0.5, 0.6) is 0 Å². The van der Waals surface area contributed by atoms with Gasteiger partial charge in [-0.2, -0.15) is 0 Å². The highest BCUT2D eigenvalue weighted by Gasteiger charge is 2.33. The number of aromatic nitrogens is 2. The molecule has 2 unspecified atom stereocenters. The zero-order chi connectivity index (χ0) is 11.7. The van der Waals surface area contributed by atoms with E-state index in [0.29, 0.717) is 6.04 Å². The maximum absolute atomic E-state index is 4.47. The van der Waals surface area contributed by atoms with E-state index in [1.54, 1.807) is 0 Å². The summed E-state index contributed by atoms with van der Waals surface area (Å²) < 4.78 is 0. The van der Waals surface area contributed by atoms with Crippen LogP contribution in [-0.2, 0) is 0 Å². The molecule has 4 heteroatoms. The molecular formula is C12H20N4. The molecule has 2 rings (SSSR count). The minimum absolute atomic E-state index is 0.600. The standard InChI is InChI=1S/C12H20N4/c1-5-13-11-8(3)12(15-9(4)14-11)16-10-6-7(10)2/h7,10H,5-6H2,1-4H3,(H2,13,14,15,16). The Morgan fingerprint density at radius 2 is 1.88 bits per heavy atom. The van der Waals surface area contributed by atoms with Crippen molar-refractivity contribution in [3.63, 3.8) is 0 Å². The van der Waals surface area contributed by atoms with E-state index in [1.165, 1.54) is 6.42 Å². The Balaban J connectivity index is 2.22. The second-order valence-electron chi connectivity index (χ2n) is 4.59. The molecule has 1 saturated carbocycles. The lowest BCUT2D eigenvalue weighted by atomic mass is 10.3. The van der Waals surface area contributed by atoms with Crippen molar-refractivity contribution in [1.29, 1.82) is 0 Å². The van der Waals surface area contributed by atoms with Gasteiger partial charge in [0.2, 0.25) is 0 Å². The average Bonchev–Trinajstić information content (AvgIpc) is 2.90. The largest absolute Gasteiger partial charge is 0.370 e. The van der Waals surface area contributed by atoms with Gasteiger partial charge in [0.1, 0.15) is 17.5 Å². The van der Waals surface area contributed by atoms with Crippen LogP contribution in [0.25, 0.3) is 0 Å². The summed E-state index contributed by atoms with van der Waals surface area (Å²) >= 11 is 0. The zero-order valence-electron chi connectivity index (χ0n) is 10.5. The van der Waals surface area contributed by atoms with Gasteiger partial charge in [-0.15, -0.1) is 0 Å². The van der Waals surface area contributed by atoms with Crippen molar-refractivity contribution in [2.45, 2.75) is 40.2 Å². The molecule has 1 aliphatic carbocycles. The van der Waals surface area contributed by atoms with Gasteiger partial charge in [0.25, 0.3) is 0 Å². The van der Waals surface area contributed by atoms with E-state index in [4.69, 9.17) is 0 Å². The summed E-state index contributed by atoms with van der Waals surface area (Å²) in [6.45, 7) is 9.21. The van der Waals surface area contributed by atoms with Crippen molar-refractivity contribution in [2.75, 3.05) is 17.2 Å². The highest BCUT2D eigenvalue weighted by atomic mass is 15.1. The van der Waals surface area contributed by atoms with E-state index in [1.807, 2.05) is 6.92 Å². The summed E-state index contributed by atoms with van der Waals surface area (Å²) in [6.07, 6.45) is 1.25. The van der Waals surface area contributed by atoms with Crippen molar-refractivity contribution in [3.05, 3.63) is 11.4 Å². The number of nitrogens with one attached hydrogen (secondary N) is 2. The van der Waals surface area contributed by atoms with E-state index in [2.05, 4.69) is 41.4 Å². The van der Waals surface area contributed by atoms with E-state index >= 15 is 0 Å². The third-order valence-electron chi connectivity index (χ3n) is 3.03. The van der Waals surface area contributed by atoms with Gasteiger partial charge in [-0.3, -0.25) is 0 Å². The van der Waals surface area contributed by atoms with Crippen LogP contribution in [0.15, 0.2) is 0 Å². The SMILES string of the molecule is CCNc1nc(C)nc(NC2CC2C)c1C. The predicted octanol–water partition coefficient (Wildman–Crippen LogP) is 2.35. The Morgan fingerprint density at radius 3 is 2.44 bits per heavy atom. The minimum Gasteiger partial charge on any atom is -0.370 e. The van der Waals surface area contributed by atoms with E-state index in [-0.39, 0.29) is 0 Å². The molecule has 0 saturated heterocycles. The first-order valence-electron chi connectivity index (χ1n) is 5.97. The molecule has 0 amide bonds. The van der Waals surface area contributed by atoms with Gasteiger partial charge in [-0.1, -0.05) is 6.92 Å². The number of nitrogens with zero attached hydrogens (tertiary/aromatic N) is 2. The second kappa shape index (κ2) is 4.28. The van der Waals surface area contributed by atoms with Gasteiger partial charge < -0.3 is 10.6 Å². The summed E-state index contributed by atoms with van der Waals surface area (Å²) in [5.74, 6) is 3.53. The fourth-order valence-corrected chi connectivity index (χ4v) is 1.81. The maximum atomic E-state index is 4.47. The van der Waals surface area contributed by atoms with Gasteiger partial charge in [-0.05, 0) is 33.1 Å². The van der Waals surface area contributed by atoms with Gasteiger partial charge in [0.15, 0.2) is 0 Å². The molecule has 4 nitrogen and oxygen atoms in total. The average molecular weight is 220 g/mol. The third kappa shape index (κ3) is 2.26. The number of hydrogen-bond acceptors (Lipinski definition) is 4. The van der Waals surface area contributed by atoms with Crippen LogP contribution in [-0.4, -0.2) is 22.6 Å². The molecule has 1 aliphatic rings. The Labute approximate surface area is 96.9 Å². The number of hydrogen-bond donors (Lipinski definition) is 2. The van der Waals surface area contributed by atoms with Crippen molar-refractivity contribution in [1.82, 2.24) is 9.97 Å². The van der Waals surface area contributed by atoms with Crippen LogP contribution in [0.2, 0.25) is 0 Å². The molecule has 16 heavy (non-hydrogen) atoms. The molecule has 0 spiro atoms. The Hall–Kier alpha value is -1.32. The van der Waals surface area contributed by atoms with Gasteiger partial charge in [-0.25, -0.2) is 9.97 Å². The maximum Gasteiger partial charge on any atom is 0.134 e. The van der Waals surface area contributed by atoms with Crippen LogP contribution in [0, 0.1) is 19.8 Å². The van der Waals surface area contributed by atoms with Crippen LogP contribution in [0.1, 0.15) is 31.7 Å². The van der Waals surface area contributed by atoms with Crippen LogP contribution >= 0.6 is 0 Å². The first kappa shape index (κ1) is 11.2. The fourth-order valence-electron chi connectivity index (χ4n) is 1.81. The predicted molar refractivity (Wildman–Crippen MR) is 66.9 cm³/mol. The van der Waals surface area contributed by atoms with Crippen LogP contribution in [0.4, 0.5) is 11.6 Å². The summed E-state index contributed by atoms with van der Waals surface area (Å²) in [6, 6.07) is 0.600. The molecule has 88 valence electrons. The second-order valence-corrected chi connectivity index (χ2v) is 4.59. The van der Waals surface area contributed by atoms with Crippen LogP contribution < -0.4 is 10.6 Å². The van der Waals surface area contributed by atoms with Crippen molar-refractivity contribution in [2.24, 2.45) is 5.92 Å². The summed E-state index contributed by atoms with van der Waals surface area (Å²) in [7, 11) is 0. The van der Waals surface area contributed by atoms with E-state index in [0.717, 1.165) is 35.5 Å². The first-order chi connectivity index (χ1) is 7.61. The first-order valence-corrected chi connectivity index (χ1v) is 5.97. The molecule has 0 bridgehead atoms. The monoisotopic (exact) mass is 220 g/mol. The molecule has 1 aromatic rings. The Kier molecular flexibility index (Phi) is 2.99. The summed E-state index contributed by atoms with van der Waals surface area (Å²) in [5.41, 5.74) is 1.12. The molecular weight excluding hydrogens is 200 g/mol. The van der Waals surface area contributed by atoms with Gasteiger partial charge in [0.05, 0.1) is 0 Å². The molecule has 0 radical (unpaired) electrons. The van der Waals surface area contributed by atoms with Gasteiger partial charge in [0, 0.05) is 18.2 Å². The molecule has 2 atom stereocenters. The summed E-state index contributed by atoms with van der Waals surface area (Å²) in [4.78, 5) is 8.88. The topological polar surface area (TPSA) is 49.8 Å². The lowest BCUT2D eigenvalue weighted by Crippen LogP contribution is -2.11. The minimum atomic E-state index is 0.600. The van der Waals surface area contributed by atoms with Crippen LogP contribution in [0.3, 0.4) is 0 Å². The quantitative estimate of drug-likeness (QED) is 0.817. The van der Waals surface area contributed by atoms with E-state index in [9.17, 15) is 0 Å². The molecule has 2 N–H and O–H groups in total. The lowest BCUT2D eigenvalue weighted by Gasteiger charge is -2.13. The fraction of sp³-hybridized carbons (Fsp3) is 0.667. The Morgan fingerprint density at radius 1 is 1.25 bits per heavy atom. The number of anilines is 2. The van der Waals surface area contributed by atoms with E-state index < -0.39 is 0 Å². The highest BCUT2D eigenvalue weighted by Crippen LogP contribution is 2.33.